The molecule has 0 bridgehead atoms. The summed E-state index contributed by atoms with van der Waals surface area (Å²) in [4.78, 5) is 13.9. The SMILES string of the molecule is CC(O)CN(C(=O)CCc1ccc(C#N)cc1)C(C)C. The van der Waals surface area contributed by atoms with Gasteiger partial charge in [-0.2, -0.15) is 5.26 Å². The third-order valence-corrected chi connectivity index (χ3v) is 3.12. The van der Waals surface area contributed by atoms with Gasteiger partial charge in [0.25, 0.3) is 0 Å². The van der Waals surface area contributed by atoms with Gasteiger partial charge in [-0.15, -0.1) is 0 Å². The summed E-state index contributed by atoms with van der Waals surface area (Å²) in [6, 6.07) is 9.42. The Hall–Kier alpha value is -1.86. The van der Waals surface area contributed by atoms with E-state index in [4.69, 9.17) is 5.26 Å². The third-order valence-electron chi connectivity index (χ3n) is 3.12. The molecule has 108 valence electrons. The second-order valence-electron chi connectivity index (χ2n) is 5.30. The molecule has 0 aliphatic heterocycles. The normalized spacial score (nSPS) is 12.0. The minimum absolute atomic E-state index is 0.0465. The monoisotopic (exact) mass is 274 g/mol. The van der Waals surface area contributed by atoms with Crippen LogP contribution in [-0.2, 0) is 11.2 Å². The van der Waals surface area contributed by atoms with E-state index in [0.717, 1.165) is 5.56 Å². The summed E-state index contributed by atoms with van der Waals surface area (Å²) in [5.41, 5.74) is 1.66. The van der Waals surface area contributed by atoms with Crippen LogP contribution in [-0.4, -0.2) is 34.6 Å². The fraction of sp³-hybridized carbons (Fsp3) is 0.500. The van der Waals surface area contributed by atoms with Gasteiger partial charge in [0, 0.05) is 19.0 Å². The van der Waals surface area contributed by atoms with E-state index in [-0.39, 0.29) is 11.9 Å². The zero-order valence-electron chi connectivity index (χ0n) is 12.3. The number of nitriles is 1. The van der Waals surface area contributed by atoms with Gasteiger partial charge in [0.2, 0.25) is 5.91 Å². The first-order valence-corrected chi connectivity index (χ1v) is 6.90. The maximum atomic E-state index is 12.2. The van der Waals surface area contributed by atoms with Gasteiger partial charge < -0.3 is 10.0 Å². The topological polar surface area (TPSA) is 64.3 Å². The van der Waals surface area contributed by atoms with Crippen molar-refractivity contribution in [2.75, 3.05) is 6.54 Å². The van der Waals surface area contributed by atoms with Gasteiger partial charge in [-0.1, -0.05) is 12.1 Å². The molecule has 0 heterocycles. The Balaban J connectivity index is 2.58. The van der Waals surface area contributed by atoms with Gasteiger partial charge >= 0.3 is 0 Å². The minimum Gasteiger partial charge on any atom is -0.392 e. The number of hydrogen-bond acceptors (Lipinski definition) is 3. The van der Waals surface area contributed by atoms with Crippen LogP contribution in [0.1, 0.15) is 38.3 Å². The number of amides is 1. The van der Waals surface area contributed by atoms with Crippen molar-refractivity contribution in [3.05, 3.63) is 35.4 Å². The number of carbonyl (C=O) groups excluding carboxylic acids is 1. The van der Waals surface area contributed by atoms with E-state index < -0.39 is 6.10 Å². The van der Waals surface area contributed by atoms with Gasteiger partial charge in [-0.3, -0.25) is 4.79 Å². The second-order valence-corrected chi connectivity index (χ2v) is 5.30. The van der Waals surface area contributed by atoms with Crippen molar-refractivity contribution >= 4 is 5.91 Å². The fourth-order valence-electron chi connectivity index (χ4n) is 2.03. The van der Waals surface area contributed by atoms with Gasteiger partial charge in [0.15, 0.2) is 0 Å². The lowest BCUT2D eigenvalue weighted by molar-refractivity contribution is -0.134. The number of aliphatic hydroxyl groups excluding tert-OH is 1. The molecule has 0 fully saturated rings. The summed E-state index contributed by atoms with van der Waals surface area (Å²) in [5.74, 6) is 0.0465. The first-order chi connectivity index (χ1) is 9.43. The Morgan fingerprint density at radius 1 is 1.30 bits per heavy atom. The van der Waals surface area contributed by atoms with Crippen LogP contribution in [0.2, 0.25) is 0 Å². The number of rotatable bonds is 6. The van der Waals surface area contributed by atoms with Gasteiger partial charge in [-0.05, 0) is 44.9 Å². The van der Waals surface area contributed by atoms with Crippen molar-refractivity contribution in [2.24, 2.45) is 0 Å². The molecule has 0 saturated heterocycles. The van der Waals surface area contributed by atoms with Crippen molar-refractivity contribution < 1.29 is 9.90 Å². The first kappa shape index (κ1) is 16.2. The molecular weight excluding hydrogens is 252 g/mol. The summed E-state index contributed by atoms with van der Waals surface area (Å²) in [6.07, 6.45) is 0.543. The molecule has 0 radical (unpaired) electrons. The van der Waals surface area contributed by atoms with E-state index in [1.807, 2.05) is 26.0 Å². The smallest absolute Gasteiger partial charge is 0.223 e. The highest BCUT2D eigenvalue weighted by molar-refractivity contribution is 5.76. The highest BCUT2D eigenvalue weighted by Gasteiger charge is 2.18. The molecule has 1 N–H and O–H groups in total. The molecule has 0 saturated carbocycles. The second kappa shape index (κ2) is 7.66. The van der Waals surface area contributed by atoms with Crippen LogP contribution in [0, 0.1) is 11.3 Å². The zero-order valence-corrected chi connectivity index (χ0v) is 12.3. The lowest BCUT2D eigenvalue weighted by Crippen LogP contribution is -2.41. The molecule has 1 unspecified atom stereocenters. The highest BCUT2D eigenvalue weighted by Crippen LogP contribution is 2.09. The van der Waals surface area contributed by atoms with E-state index in [1.165, 1.54) is 0 Å². The number of carbonyl (C=O) groups is 1. The zero-order chi connectivity index (χ0) is 15.1. The lowest BCUT2D eigenvalue weighted by Gasteiger charge is -2.28. The fourth-order valence-corrected chi connectivity index (χ4v) is 2.03. The molecule has 0 aliphatic carbocycles. The van der Waals surface area contributed by atoms with Crippen LogP contribution >= 0.6 is 0 Å². The van der Waals surface area contributed by atoms with Crippen molar-refractivity contribution in [2.45, 2.75) is 45.8 Å². The average Bonchev–Trinajstić information content (AvgIpc) is 2.42. The number of aliphatic hydroxyl groups is 1. The molecular formula is C16H22N2O2. The quantitative estimate of drug-likeness (QED) is 0.864. The van der Waals surface area contributed by atoms with Gasteiger partial charge in [-0.25, -0.2) is 0 Å². The van der Waals surface area contributed by atoms with E-state index in [1.54, 1.807) is 24.0 Å². The maximum Gasteiger partial charge on any atom is 0.223 e. The van der Waals surface area contributed by atoms with Crippen LogP contribution in [0.5, 0.6) is 0 Å². The molecule has 1 atom stereocenters. The van der Waals surface area contributed by atoms with Gasteiger partial charge in [0.05, 0.1) is 17.7 Å². The molecule has 1 amide bonds. The highest BCUT2D eigenvalue weighted by atomic mass is 16.3. The maximum absolute atomic E-state index is 12.2. The number of benzene rings is 1. The minimum atomic E-state index is -0.517. The van der Waals surface area contributed by atoms with Crippen LogP contribution < -0.4 is 0 Å². The van der Waals surface area contributed by atoms with Crippen molar-refractivity contribution in [3.63, 3.8) is 0 Å². The largest absolute Gasteiger partial charge is 0.392 e. The van der Waals surface area contributed by atoms with Crippen molar-refractivity contribution in [3.8, 4) is 6.07 Å². The Kier molecular flexibility index (Phi) is 6.20. The van der Waals surface area contributed by atoms with Crippen LogP contribution in [0.3, 0.4) is 0 Å². The summed E-state index contributed by atoms with van der Waals surface area (Å²) in [5, 5.41) is 18.2. The van der Waals surface area contributed by atoms with Crippen molar-refractivity contribution in [1.29, 1.82) is 5.26 Å². The predicted octanol–water partition coefficient (Wildman–Crippen LogP) is 2.11. The molecule has 4 heteroatoms. The summed E-state index contributed by atoms with van der Waals surface area (Å²) in [6.45, 7) is 5.94. The summed E-state index contributed by atoms with van der Waals surface area (Å²) < 4.78 is 0. The van der Waals surface area contributed by atoms with Crippen molar-refractivity contribution in [1.82, 2.24) is 4.90 Å². The molecule has 0 aromatic heterocycles. The first-order valence-electron chi connectivity index (χ1n) is 6.90. The number of aryl methyl sites for hydroxylation is 1. The molecule has 20 heavy (non-hydrogen) atoms. The molecule has 0 aliphatic rings. The molecule has 1 rings (SSSR count). The Bertz CT molecular complexity index is 472. The summed E-state index contributed by atoms with van der Waals surface area (Å²) in [7, 11) is 0. The third kappa shape index (κ3) is 5.02. The molecule has 0 spiro atoms. The van der Waals surface area contributed by atoms with E-state index in [2.05, 4.69) is 6.07 Å². The molecule has 1 aromatic rings. The van der Waals surface area contributed by atoms with E-state index in [9.17, 15) is 9.90 Å². The van der Waals surface area contributed by atoms with Crippen LogP contribution in [0.15, 0.2) is 24.3 Å². The standard InChI is InChI=1S/C16H22N2O2/c1-12(2)18(11-13(3)19)16(20)9-8-14-4-6-15(10-17)7-5-14/h4-7,12-13,19H,8-9,11H2,1-3H3. The predicted molar refractivity (Wildman–Crippen MR) is 78.0 cm³/mol. The number of hydrogen-bond donors (Lipinski definition) is 1. The Morgan fingerprint density at radius 3 is 2.35 bits per heavy atom. The van der Waals surface area contributed by atoms with E-state index in [0.29, 0.717) is 24.9 Å². The Labute approximate surface area is 120 Å². The number of nitrogens with zero attached hydrogens (tertiary/aromatic N) is 2. The van der Waals surface area contributed by atoms with Crippen LogP contribution in [0.4, 0.5) is 0 Å². The van der Waals surface area contributed by atoms with Crippen LogP contribution in [0.25, 0.3) is 0 Å². The lowest BCUT2D eigenvalue weighted by atomic mass is 10.1. The summed E-state index contributed by atoms with van der Waals surface area (Å²) >= 11 is 0. The van der Waals surface area contributed by atoms with Gasteiger partial charge in [0.1, 0.15) is 0 Å². The molecule has 4 nitrogen and oxygen atoms in total. The van der Waals surface area contributed by atoms with E-state index >= 15 is 0 Å². The Morgan fingerprint density at radius 2 is 1.90 bits per heavy atom. The average molecular weight is 274 g/mol. The molecule has 1 aromatic carbocycles.